The van der Waals surface area contributed by atoms with E-state index in [1.54, 1.807) is 60.7 Å². The number of nitrogens with one attached hydrogen (secondary N) is 2. The minimum Gasteiger partial charge on any atom is -0.494 e. The van der Waals surface area contributed by atoms with Crippen molar-refractivity contribution in [3.05, 3.63) is 83.9 Å². The zero-order chi connectivity index (χ0) is 22.8. The van der Waals surface area contributed by atoms with E-state index in [9.17, 15) is 9.59 Å². The average Bonchev–Trinajstić information content (AvgIpc) is 2.83. The van der Waals surface area contributed by atoms with Crippen LogP contribution in [0.1, 0.15) is 47.4 Å². The van der Waals surface area contributed by atoms with Gasteiger partial charge in [-0.05, 0) is 73.5 Å². The second-order valence-corrected chi connectivity index (χ2v) is 7.24. The van der Waals surface area contributed by atoms with Gasteiger partial charge in [0.05, 0.1) is 13.2 Å². The largest absolute Gasteiger partial charge is 0.494 e. The number of carbonyl (C=O) groups is 2. The van der Waals surface area contributed by atoms with Gasteiger partial charge in [-0.1, -0.05) is 26.0 Å². The van der Waals surface area contributed by atoms with Gasteiger partial charge in [-0.15, -0.1) is 0 Å². The Morgan fingerprint density at radius 2 is 1.06 bits per heavy atom. The fraction of sp³-hybridized carbons (Fsp3) is 0.231. The van der Waals surface area contributed by atoms with Crippen LogP contribution in [-0.2, 0) is 0 Å². The van der Waals surface area contributed by atoms with Crippen LogP contribution in [0, 0.1) is 0 Å². The second-order valence-electron chi connectivity index (χ2n) is 7.24. The first-order valence-electron chi connectivity index (χ1n) is 10.8. The lowest BCUT2D eigenvalue weighted by Gasteiger charge is -2.10. The minimum atomic E-state index is -0.229. The molecule has 3 aromatic rings. The summed E-state index contributed by atoms with van der Waals surface area (Å²) in [5, 5.41) is 5.71. The van der Waals surface area contributed by atoms with E-state index in [-0.39, 0.29) is 11.8 Å². The van der Waals surface area contributed by atoms with Crippen molar-refractivity contribution in [1.29, 1.82) is 0 Å². The summed E-state index contributed by atoms with van der Waals surface area (Å²) in [6.45, 7) is 5.27. The van der Waals surface area contributed by atoms with E-state index in [0.29, 0.717) is 47.2 Å². The third kappa shape index (κ3) is 6.60. The molecule has 3 rings (SSSR count). The lowest BCUT2D eigenvalue weighted by atomic mass is 10.2. The smallest absolute Gasteiger partial charge is 0.255 e. The zero-order valence-corrected chi connectivity index (χ0v) is 18.4. The van der Waals surface area contributed by atoms with Crippen molar-refractivity contribution in [3.8, 4) is 11.5 Å². The van der Waals surface area contributed by atoms with Crippen LogP contribution >= 0.6 is 0 Å². The van der Waals surface area contributed by atoms with Gasteiger partial charge >= 0.3 is 0 Å². The number of benzene rings is 3. The van der Waals surface area contributed by atoms with Crippen molar-refractivity contribution >= 4 is 23.2 Å². The average molecular weight is 433 g/mol. The Balaban J connectivity index is 1.59. The van der Waals surface area contributed by atoms with Gasteiger partial charge in [0.1, 0.15) is 11.5 Å². The molecule has 0 aromatic heterocycles. The van der Waals surface area contributed by atoms with Crippen LogP contribution in [0.4, 0.5) is 11.4 Å². The van der Waals surface area contributed by atoms with E-state index < -0.39 is 0 Å². The maximum absolute atomic E-state index is 12.5. The molecule has 2 N–H and O–H groups in total. The fourth-order valence-corrected chi connectivity index (χ4v) is 2.94. The van der Waals surface area contributed by atoms with Gasteiger partial charge in [-0.3, -0.25) is 9.59 Å². The lowest BCUT2D eigenvalue weighted by molar-refractivity contribution is 0.101. The molecule has 3 aromatic carbocycles. The molecule has 2 amide bonds. The highest BCUT2D eigenvalue weighted by atomic mass is 16.5. The predicted octanol–water partition coefficient (Wildman–Crippen LogP) is 5.77. The van der Waals surface area contributed by atoms with Crippen molar-refractivity contribution < 1.29 is 19.1 Å². The summed E-state index contributed by atoms with van der Waals surface area (Å²) in [7, 11) is 0. The summed E-state index contributed by atoms with van der Waals surface area (Å²) in [6.07, 6.45) is 1.80. The number of hydrogen-bond donors (Lipinski definition) is 2. The molecule has 0 spiro atoms. The molecule has 0 aliphatic rings. The number of ether oxygens (including phenoxy) is 2. The summed E-state index contributed by atoms with van der Waals surface area (Å²) in [5.74, 6) is 0.878. The first-order chi connectivity index (χ1) is 15.6. The molecule has 0 saturated heterocycles. The molecule has 0 radical (unpaired) electrons. The van der Waals surface area contributed by atoms with Crippen LogP contribution in [0.3, 0.4) is 0 Å². The third-order valence-electron chi connectivity index (χ3n) is 4.54. The van der Waals surface area contributed by atoms with Crippen molar-refractivity contribution in [2.24, 2.45) is 0 Å². The van der Waals surface area contributed by atoms with E-state index in [4.69, 9.17) is 9.47 Å². The van der Waals surface area contributed by atoms with Crippen LogP contribution < -0.4 is 20.1 Å². The number of rotatable bonds is 10. The molecule has 0 atom stereocenters. The molecule has 0 heterocycles. The standard InChI is InChI=1S/C26H28N2O4/c1-3-15-31-23-9-5-7-19(17-23)25(29)27-21-11-13-22(14-12-21)28-26(30)20-8-6-10-24(18-20)32-16-4-2/h5-14,17-18H,3-4,15-16H2,1-2H3,(H,27,29)(H,28,30). The molecule has 0 unspecified atom stereocenters. The van der Waals surface area contributed by atoms with Gasteiger partial charge in [0, 0.05) is 22.5 Å². The summed E-state index contributed by atoms with van der Waals surface area (Å²) >= 11 is 0. The monoisotopic (exact) mass is 432 g/mol. The van der Waals surface area contributed by atoms with Gasteiger partial charge < -0.3 is 20.1 Å². The highest BCUT2D eigenvalue weighted by molar-refractivity contribution is 6.06. The Labute approximate surface area is 188 Å². The van der Waals surface area contributed by atoms with Crippen LogP contribution in [0.2, 0.25) is 0 Å². The van der Waals surface area contributed by atoms with E-state index in [0.717, 1.165) is 12.8 Å². The molecular weight excluding hydrogens is 404 g/mol. The number of hydrogen-bond acceptors (Lipinski definition) is 4. The van der Waals surface area contributed by atoms with Crippen LogP contribution in [0.15, 0.2) is 72.8 Å². The number of anilines is 2. The first-order valence-corrected chi connectivity index (χ1v) is 10.8. The summed E-state index contributed by atoms with van der Waals surface area (Å²) in [4.78, 5) is 25.1. The van der Waals surface area contributed by atoms with Crippen LogP contribution in [-0.4, -0.2) is 25.0 Å². The molecule has 6 heteroatoms. The summed E-state index contributed by atoms with van der Waals surface area (Å²) in [6, 6.07) is 21.1. The molecular formula is C26H28N2O4. The maximum Gasteiger partial charge on any atom is 0.255 e. The molecule has 0 bridgehead atoms. The highest BCUT2D eigenvalue weighted by Gasteiger charge is 2.10. The minimum absolute atomic E-state index is 0.229. The molecule has 166 valence electrons. The lowest BCUT2D eigenvalue weighted by Crippen LogP contribution is -2.13. The van der Waals surface area contributed by atoms with E-state index >= 15 is 0 Å². The van der Waals surface area contributed by atoms with Gasteiger partial charge in [-0.2, -0.15) is 0 Å². The Morgan fingerprint density at radius 3 is 1.44 bits per heavy atom. The Bertz CT molecular complexity index is 963. The predicted molar refractivity (Wildman–Crippen MR) is 127 cm³/mol. The molecule has 0 aliphatic carbocycles. The number of amides is 2. The van der Waals surface area contributed by atoms with Crippen molar-refractivity contribution in [2.75, 3.05) is 23.8 Å². The van der Waals surface area contributed by atoms with Crippen molar-refractivity contribution in [3.63, 3.8) is 0 Å². The van der Waals surface area contributed by atoms with Crippen molar-refractivity contribution in [1.82, 2.24) is 0 Å². The number of carbonyl (C=O) groups excluding carboxylic acids is 2. The van der Waals surface area contributed by atoms with Gasteiger partial charge in [0.2, 0.25) is 0 Å². The highest BCUT2D eigenvalue weighted by Crippen LogP contribution is 2.19. The molecule has 0 saturated carbocycles. The normalized spacial score (nSPS) is 10.3. The SMILES string of the molecule is CCCOc1cccc(C(=O)Nc2ccc(NC(=O)c3cccc(OCCC)c3)cc2)c1. The van der Waals surface area contributed by atoms with E-state index in [1.807, 2.05) is 26.0 Å². The molecule has 0 aliphatic heterocycles. The van der Waals surface area contributed by atoms with Crippen LogP contribution in [0.5, 0.6) is 11.5 Å². The molecule has 0 fully saturated rings. The topological polar surface area (TPSA) is 76.7 Å². The van der Waals surface area contributed by atoms with E-state index in [1.165, 1.54) is 0 Å². The molecule has 6 nitrogen and oxygen atoms in total. The Morgan fingerprint density at radius 1 is 0.656 bits per heavy atom. The fourth-order valence-electron chi connectivity index (χ4n) is 2.94. The van der Waals surface area contributed by atoms with Gasteiger partial charge in [0.15, 0.2) is 0 Å². The second kappa shape index (κ2) is 11.6. The first kappa shape index (κ1) is 22.9. The van der Waals surface area contributed by atoms with E-state index in [2.05, 4.69) is 10.6 Å². The third-order valence-corrected chi connectivity index (χ3v) is 4.54. The Kier molecular flexibility index (Phi) is 8.26. The van der Waals surface area contributed by atoms with Gasteiger partial charge in [0.25, 0.3) is 11.8 Å². The zero-order valence-electron chi connectivity index (χ0n) is 18.4. The summed E-state index contributed by atoms with van der Waals surface area (Å²) in [5.41, 5.74) is 2.29. The quantitative estimate of drug-likeness (QED) is 0.426. The van der Waals surface area contributed by atoms with Crippen LogP contribution in [0.25, 0.3) is 0 Å². The summed E-state index contributed by atoms with van der Waals surface area (Å²) < 4.78 is 11.2. The maximum atomic E-state index is 12.5. The Hall–Kier alpha value is -3.80. The van der Waals surface area contributed by atoms with Gasteiger partial charge in [-0.25, -0.2) is 0 Å². The molecule has 32 heavy (non-hydrogen) atoms. The van der Waals surface area contributed by atoms with Crippen molar-refractivity contribution in [2.45, 2.75) is 26.7 Å².